The van der Waals surface area contributed by atoms with Crippen molar-refractivity contribution in [3.8, 4) is 0 Å². The highest BCUT2D eigenvalue weighted by molar-refractivity contribution is 5.95. The lowest BCUT2D eigenvalue weighted by Gasteiger charge is -2.25. The van der Waals surface area contributed by atoms with E-state index in [2.05, 4.69) is 5.32 Å². The van der Waals surface area contributed by atoms with Gasteiger partial charge < -0.3 is 23.7 Å². The average Bonchev–Trinajstić information content (AvgIpc) is 3.26. The molecule has 1 amide bonds. The first-order valence-electron chi connectivity index (χ1n) is 7.15. The molecule has 0 radical (unpaired) electrons. The second-order valence-corrected chi connectivity index (χ2v) is 5.36. The summed E-state index contributed by atoms with van der Waals surface area (Å²) >= 11 is 0. The maximum Gasteiger partial charge on any atom is 0.254 e. The van der Waals surface area contributed by atoms with Crippen LogP contribution in [0.15, 0.2) is 56.3 Å². The quantitative estimate of drug-likeness (QED) is 0.755. The molecule has 1 atom stereocenters. The van der Waals surface area contributed by atoms with Gasteiger partial charge in [0, 0.05) is 5.56 Å². The third kappa shape index (κ3) is 2.80. The molecule has 2 N–H and O–H groups in total. The van der Waals surface area contributed by atoms with Gasteiger partial charge in [0.25, 0.3) is 5.91 Å². The largest absolute Gasteiger partial charge is 0.472 e. The van der Waals surface area contributed by atoms with E-state index >= 15 is 0 Å². The summed E-state index contributed by atoms with van der Waals surface area (Å²) in [6.07, 6.45) is 4.34. The van der Waals surface area contributed by atoms with E-state index in [9.17, 15) is 9.90 Å². The van der Waals surface area contributed by atoms with E-state index in [0.717, 1.165) is 0 Å². The van der Waals surface area contributed by atoms with E-state index in [0.29, 0.717) is 28.4 Å². The number of rotatable bonds is 5. The number of hydrogen-bond donors (Lipinski definition) is 2. The zero-order valence-corrected chi connectivity index (χ0v) is 12.8. The highest BCUT2D eigenvalue weighted by Crippen LogP contribution is 2.30. The molecule has 120 valence electrons. The maximum atomic E-state index is 12.3. The van der Waals surface area contributed by atoms with Crippen LogP contribution in [0.4, 0.5) is 0 Å². The first-order chi connectivity index (χ1) is 11.0. The molecule has 0 spiro atoms. The minimum Gasteiger partial charge on any atom is -0.472 e. The smallest absolute Gasteiger partial charge is 0.254 e. The SMILES string of the molecule is Cc1cc(C(=O)NC[C@@](O)(c2ccoc2)c2ccco2)c(C)o1. The Morgan fingerprint density at radius 1 is 1.30 bits per heavy atom. The Hall–Kier alpha value is -2.73. The monoisotopic (exact) mass is 315 g/mol. The van der Waals surface area contributed by atoms with Crippen LogP contribution in [0, 0.1) is 13.8 Å². The number of furan rings is 3. The van der Waals surface area contributed by atoms with Crippen molar-refractivity contribution >= 4 is 5.91 Å². The van der Waals surface area contributed by atoms with Gasteiger partial charge in [-0.15, -0.1) is 0 Å². The summed E-state index contributed by atoms with van der Waals surface area (Å²) in [5.74, 6) is 1.18. The van der Waals surface area contributed by atoms with Crippen molar-refractivity contribution < 1.29 is 23.2 Å². The van der Waals surface area contributed by atoms with Gasteiger partial charge in [0.05, 0.1) is 30.9 Å². The third-order valence-electron chi connectivity index (χ3n) is 3.72. The van der Waals surface area contributed by atoms with Gasteiger partial charge in [-0.2, -0.15) is 0 Å². The number of amides is 1. The van der Waals surface area contributed by atoms with E-state index in [4.69, 9.17) is 13.3 Å². The van der Waals surface area contributed by atoms with E-state index < -0.39 is 5.60 Å². The van der Waals surface area contributed by atoms with Crippen molar-refractivity contribution in [2.75, 3.05) is 6.54 Å². The van der Waals surface area contributed by atoms with Crippen LogP contribution in [0.1, 0.15) is 33.2 Å². The predicted molar refractivity (Wildman–Crippen MR) is 80.9 cm³/mol. The third-order valence-corrected chi connectivity index (χ3v) is 3.72. The second-order valence-electron chi connectivity index (χ2n) is 5.36. The van der Waals surface area contributed by atoms with Crippen molar-refractivity contribution in [1.82, 2.24) is 5.32 Å². The zero-order chi connectivity index (χ0) is 16.4. The molecular formula is C17H17NO5. The Kier molecular flexibility index (Phi) is 3.83. The van der Waals surface area contributed by atoms with Crippen LogP contribution >= 0.6 is 0 Å². The summed E-state index contributed by atoms with van der Waals surface area (Å²) in [5.41, 5.74) is -0.580. The van der Waals surface area contributed by atoms with Crippen molar-refractivity contribution in [3.63, 3.8) is 0 Å². The fraction of sp³-hybridized carbons (Fsp3) is 0.235. The summed E-state index contributed by atoms with van der Waals surface area (Å²) in [7, 11) is 0. The van der Waals surface area contributed by atoms with Crippen molar-refractivity contribution in [2.24, 2.45) is 0 Å². The Morgan fingerprint density at radius 2 is 2.13 bits per heavy atom. The van der Waals surface area contributed by atoms with Crippen molar-refractivity contribution in [3.05, 3.63) is 71.5 Å². The zero-order valence-electron chi connectivity index (χ0n) is 12.8. The maximum absolute atomic E-state index is 12.3. The van der Waals surface area contributed by atoms with Crippen LogP contribution in [0.3, 0.4) is 0 Å². The fourth-order valence-corrected chi connectivity index (χ4v) is 2.50. The number of aryl methyl sites for hydroxylation is 2. The fourth-order valence-electron chi connectivity index (χ4n) is 2.50. The number of carbonyl (C=O) groups is 1. The molecule has 3 aromatic heterocycles. The van der Waals surface area contributed by atoms with E-state index in [1.165, 1.54) is 18.8 Å². The molecule has 0 saturated heterocycles. The molecule has 3 rings (SSSR count). The lowest BCUT2D eigenvalue weighted by molar-refractivity contribution is 0.0520. The normalized spacial score (nSPS) is 13.7. The average molecular weight is 315 g/mol. The second kappa shape index (κ2) is 5.81. The van der Waals surface area contributed by atoms with Crippen molar-refractivity contribution in [2.45, 2.75) is 19.4 Å². The molecule has 3 aromatic rings. The number of aliphatic hydroxyl groups is 1. The molecule has 6 heteroatoms. The summed E-state index contributed by atoms with van der Waals surface area (Å²) in [4.78, 5) is 12.3. The summed E-state index contributed by atoms with van der Waals surface area (Å²) in [6, 6.07) is 6.61. The first-order valence-corrected chi connectivity index (χ1v) is 7.15. The van der Waals surface area contributed by atoms with E-state index in [1.54, 1.807) is 38.1 Å². The predicted octanol–water partition coefficient (Wildman–Crippen LogP) is 2.75. The van der Waals surface area contributed by atoms with Gasteiger partial charge in [-0.1, -0.05) is 0 Å². The van der Waals surface area contributed by atoms with Gasteiger partial charge in [-0.25, -0.2) is 0 Å². The highest BCUT2D eigenvalue weighted by atomic mass is 16.4. The van der Waals surface area contributed by atoms with Crippen LogP contribution in [0.2, 0.25) is 0 Å². The Bertz CT molecular complexity index is 749. The van der Waals surface area contributed by atoms with Crippen LogP contribution in [0.25, 0.3) is 0 Å². The van der Waals surface area contributed by atoms with Gasteiger partial charge in [-0.3, -0.25) is 4.79 Å². The van der Waals surface area contributed by atoms with Crippen LogP contribution < -0.4 is 5.32 Å². The van der Waals surface area contributed by atoms with Crippen LogP contribution in [-0.4, -0.2) is 17.6 Å². The lowest BCUT2D eigenvalue weighted by Crippen LogP contribution is -2.41. The van der Waals surface area contributed by atoms with Gasteiger partial charge >= 0.3 is 0 Å². The van der Waals surface area contributed by atoms with E-state index in [-0.39, 0.29) is 12.5 Å². The van der Waals surface area contributed by atoms with Crippen molar-refractivity contribution in [1.29, 1.82) is 0 Å². The number of carbonyl (C=O) groups excluding carboxylic acids is 1. The number of nitrogens with one attached hydrogen (secondary N) is 1. The summed E-state index contributed by atoms with van der Waals surface area (Å²) in [6.45, 7) is 3.42. The minimum absolute atomic E-state index is 0.0669. The minimum atomic E-state index is -1.52. The van der Waals surface area contributed by atoms with Crippen LogP contribution in [-0.2, 0) is 5.60 Å². The molecular weight excluding hydrogens is 298 g/mol. The molecule has 6 nitrogen and oxygen atoms in total. The summed E-state index contributed by atoms with van der Waals surface area (Å²) < 4.78 is 15.7. The van der Waals surface area contributed by atoms with Crippen LogP contribution in [0.5, 0.6) is 0 Å². The van der Waals surface area contributed by atoms with Gasteiger partial charge in [0.2, 0.25) is 0 Å². The topological polar surface area (TPSA) is 88.8 Å². The molecule has 23 heavy (non-hydrogen) atoms. The molecule has 3 heterocycles. The molecule has 0 bridgehead atoms. The molecule has 0 fully saturated rings. The van der Waals surface area contributed by atoms with Gasteiger partial charge in [-0.05, 0) is 38.1 Å². The summed E-state index contributed by atoms with van der Waals surface area (Å²) in [5, 5.41) is 13.7. The standard InChI is InChI=1S/C17H17NO5/c1-11-8-14(12(2)23-11)16(19)18-10-17(20,13-5-7-21-9-13)15-4-3-6-22-15/h3-9,20H,10H2,1-2H3,(H,18,19)/t17-/m1/s1. The van der Waals surface area contributed by atoms with Gasteiger partial charge in [0.1, 0.15) is 17.3 Å². The Morgan fingerprint density at radius 3 is 2.70 bits per heavy atom. The van der Waals surface area contributed by atoms with E-state index in [1.807, 2.05) is 0 Å². The molecule has 0 aliphatic carbocycles. The van der Waals surface area contributed by atoms with Gasteiger partial charge in [0.15, 0.2) is 5.60 Å². The molecule has 0 unspecified atom stereocenters. The Balaban J connectivity index is 1.83. The molecule has 0 aromatic carbocycles. The molecule has 0 aliphatic heterocycles. The molecule has 0 saturated carbocycles. The highest BCUT2D eigenvalue weighted by Gasteiger charge is 2.36. The molecule has 0 aliphatic rings. The number of hydrogen-bond acceptors (Lipinski definition) is 5. The Labute approximate surface area is 132 Å². The lowest BCUT2D eigenvalue weighted by atomic mass is 9.93. The first kappa shape index (κ1) is 15.2.